The third-order valence-corrected chi connectivity index (χ3v) is 12.9. The van der Waals surface area contributed by atoms with Gasteiger partial charge in [-0.15, -0.1) is 0 Å². The lowest BCUT2D eigenvalue weighted by Crippen LogP contribution is -2.42. The SMILES string of the molecule is C=S(=O)(NC(=O)c1cc(F)c2nc(N3CCC4(C=C(c5c(-c6c(Cl)cncc6Cl)noc5C5CC5)C4)CC3)sc2c1)C1CC1. The van der Waals surface area contributed by atoms with Gasteiger partial charge in [-0.1, -0.05) is 45.8 Å². The van der Waals surface area contributed by atoms with Crippen LogP contribution < -0.4 is 9.62 Å². The molecule has 3 aliphatic carbocycles. The minimum Gasteiger partial charge on any atom is -0.360 e. The predicted molar refractivity (Wildman–Crippen MR) is 174 cm³/mol. The van der Waals surface area contributed by atoms with Crippen LogP contribution in [0.2, 0.25) is 10.0 Å². The van der Waals surface area contributed by atoms with Crippen molar-refractivity contribution in [2.75, 3.05) is 18.0 Å². The number of rotatable bonds is 7. The molecule has 1 amide bonds. The molecule has 44 heavy (non-hydrogen) atoms. The lowest BCUT2D eigenvalue weighted by atomic mass is 9.63. The van der Waals surface area contributed by atoms with Crippen LogP contribution in [0, 0.1) is 11.2 Å². The summed E-state index contributed by atoms with van der Waals surface area (Å²) in [5.41, 5.74) is 3.98. The third-order valence-electron chi connectivity index (χ3n) is 9.16. The Morgan fingerprint density at radius 2 is 1.84 bits per heavy atom. The van der Waals surface area contributed by atoms with Gasteiger partial charge in [-0.3, -0.25) is 14.5 Å². The van der Waals surface area contributed by atoms with E-state index in [1.165, 1.54) is 16.9 Å². The lowest BCUT2D eigenvalue weighted by Gasteiger charge is -2.46. The maximum Gasteiger partial charge on any atom is 0.262 e. The number of thiazole rings is 1. The Morgan fingerprint density at radius 3 is 2.50 bits per heavy atom. The van der Waals surface area contributed by atoms with Crippen LogP contribution in [0.25, 0.3) is 27.0 Å². The number of aromatic nitrogens is 3. The smallest absolute Gasteiger partial charge is 0.262 e. The number of carbonyl (C=O) groups is 1. The fourth-order valence-electron chi connectivity index (χ4n) is 6.38. The summed E-state index contributed by atoms with van der Waals surface area (Å²) >= 11 is 14.4. The van der Waals surface area contributed by atoms with Gasteiger partial charge in [-0.25, -0.2) is 13.6 Å². The second-order valence-corrected chi connectivity index (χ2v) is 16.5. The first-order chi connectivity index (χ1) is 21.1. The first-order valence-electron chi connectivity index (χ1n) is 14.6. The number of amides is 1. The second kappa shape index (κ2) is 10.3. The average molecular weight is 673 g/mol. The first-order valence-corrected chi connectivity index (χ1v) is 18.0. The summed E-state index contributed by atoms with van der Waals surface area (Å²) in [5.74, 6) is 3.84. The van der Waals surface area contributed by atoms with Crippen LogP contribution in [0.4, 0.5) is 9.52 Å². The second-order valence-electron chi connectivity index (χ2n) is 12.4. The molecule has 3 aromatic heterocycles. The number of hydrogen-bond donors (Lipinski definition) is 1. The lowest BCUT2D eigenvalue weighted by molar-refractivity contribution is 0.0982. The number of allylic oxidation sites excluding steroid dienone is 2. The first kappa shape index (κ1) is 28.5. The van der Waals surface area contributed by atoms with E-state index < -0.39 is 21.4 Å². The number of carbonyl (C=O) groups excluding carboxylic acids is 1. The number of pyridine rings is 1. The Labute approximate surface area is 267 Å². The molecule has 3 fully saturated rings. The predicted octanol–water partition coefficient (Wildman–Crippen LogP) is 7.27. The van der Waals surface area contributed by atoms with Gasteiger partial charge in [0.15, 0.2) is 10.9 Å². The number of nitrogens with zero attached hydrogens (tertiary/aromatic N) is 4. The van der Waals surface area contributed by atoms with Crippen LogP contribution in [0.5, 0.6) is 0 Å². The summed E-state index contributed by atoms with van der Waals surface area (Å²) in [5, 5.41) is 5.94. The van der Waals surface area contributed by atoms with Crippen molar-refractivity contribution in [3.8, 4) is 11.3 Å². The van der Waals surface area contributed by atoms with E-state index in [2.05, 4.69) is 36.7 Å². The van der Waals surface area contributed by atoms with Gasteiger partial charge in [0.2, 0.25) is 0 Å². The summed E-state index contributed by atoms with van der Waals surface area (Å²) in [4.78, 5) is 23.6. The Hall–Kier alpha value is -2.99. The molecular formula is C31H28Cl2FN5O3S2. The van der Waals surface area contributed by atoms with Crippen molar-refractivity contribution in [2.45, 2.75) is 56.1 Å². The Kier molecular flexibility index (Phi) is 6.65. The van der Waals surface area contributed by atoms with Gasteiger partial charge in [-0.05, 0) is 73.9 Å². The van der Waals surface area contributed by atoms with E-state index in [4.69, 9.17) is 27.7 Å². The van der Waals surface area contributed by atoms with Crippen LogP contribution >= 0.6 is 34.5 Å². The molecule has 8 rings (SSSR count). The molecule has 0 radical (unpaired) electrons. The zero-order chi connectivity index (χ0) is 30.4. The molecule has 8 nitrogen and oxygen atoms in total. The van der Waals surface area contributed by atoms with Crippen molar-refractivity contribution in [1.82, 2.24) is 19.8 Å². The molecule has 1 saturated heterocycles. The van der Waals surface area contributed by atoms with E-state index in [0.29, 0.717) is 31.9 Å². The van der Waals surface area contributed by atoms with Crippen molar-refractivity contribution in [1.29, 1.82) is 0 Å². The van der Waals surface area contributed by atoms with Crippen LogP contribution in [-0.4, -0.2) is 49.5 Å². The molecule has 1 aromatic carbocycles. The molecule has 228 valence electrons. The van der Waals surface area contributed by atoms with Gasteiger partial charge in [0.1, 0.15) is 17.0 Å². The Morgan fingerprint density at radius 1 is 1.14 bits per heavy atom. The number of nitrogens with one attached hydrogen (secondary N) is 1. The summed E-state index contributed by atoms with van der Waals surface area (Å²) in [6.07, 6.45) is 12.0. The van der Waals surface area contributed by atoms with Gasteiger partial charge in [0, 0.05) is 53.3 Å². The van der Waals surface area contributed by atoms with E-state index in [1.54, 1.807) is 18.5 Å². The van der Waals surface area contributed by atoms with E-state index in [-0.39, 0.29) is 21.7 Å². The highest BCUT2D eigenvalue weighted by Gasteiger charge is 2.44. The van der Waals surface area contributed by atoms with E-state index in [9.17, 15) is 9.00 Å². The highest BCUT2D eigenvalue weighted by atomic mass is 35.5. The van der Waals surface area contributed by atoms with Crippen molar-refractivity contribution >= 4 is 76.9 Å². The quantitative estimate of drug-likeness (QED) is 0.206. The topological polar surface area (TPSA) is 101 Å². The van der Waals surface area contributed by atoms with E-state index in [1.807, 2.05) is 0 Å². The van der Waals surface area contributed by atoms with Crippen LogP contribution in [0.3, 0.4) is 0 Å². The fourth-order valence-corrected chi connectivity index (χ4v) is 9.49. The zero-order valence-electron chi connectivity index (χ0n) is 23.6. The van der Waals surface area contributed by atoms with Gasteiger partial charge in [0.05, 0.1) is 24.5 Å². The fraction of sp³-hybridized carbons (Fsp3) is 0.387. The number of hydrogen-bond acceptors (Lipinski definition) is 8. The molecule has 1 aliphatic heterocycles. The van der Waals surface area contributed by atoms with Crippen LogP contribution in [0.1, 0.15) is 72.5 Å². The van der Waals surface area contributed by atoms with Crippen LogP contribution in [-0.2, 0) is 9.71 Å². The molecule has 4 aliphatic rings. The molecule has 2 saturated carbocycles. The average Bonchev–Trinajstić information content (AvgIpc) is 3.91. The van der Waals surface area contributed by atoms with Crippen molar-refractivity contribution in [2.24, 2.45) is 5.41 Å². The third kappa shape index (κ3) is 4.92. The molecule has 4 aromatic rings. The summed E-state index contributed by atoms with van der Waals surface area (Å²) in [6.45, 7) is 1.55. The van der Waals surface area contributed by atoms with E-state index in [0.717, 1.165) is 80.6 Å². The Balaban J connectivity index is 1.01. The normalized spacial score (nSPS) is 20.8. The zero-order valence-corrected chi connectivity index (χ0v) is 26.7. The molecular weight excluding hydrogens is 644 g/mol. The van der Waals surface area contributed by atoms with Crippen LogP contribution in [0.15, 0.2) is 35.1 Å². The molecule has 1 atom stereocenters. The van der Waals surface area contributed by atoms with E-state index >= 15 is 4.39 Å². The Bertz CT molecular complexity index is 1970. The van der Waals surface area contributed by atoms with Gasteiger partial charge in [-0.2, -0.15) is 0 Å². The molecule has 0 bridgehead atoms. The van der Waals surface area contributed by atoms with Gasteiger partial charge < -0.3 is 9.42 Å². The van der Waals surface area contributed by atoms with Crippen molar-refractivity contribution in [3.63, 3.8) is 0 Å². The number of benzene rings is 1. The maximum absolute atomic E-state index is 15.1. The number of halogens is 3. The highest BCUT2D eigenvalue weighted by Crippen LogP contribution is 2.56. The number of piperidine rings is 1. The minimum absolute atomic E-state index is 0.0587. The standard InChI is InChI=1S/C31H28Cl2FN5O3S2/c1-44(41,19-4-5-19)38-29(40)17-10-22(34)26-23(11-17)43-30(36-26)39-8-6-31(7-9-39)12-18(13-31)24-27(37-42-28(24)16-2-3-16)25-20(32)14-35-15-21(25)33/h10-12,14-16,19H,1-9,13H2,(H,38,40,41). The molecule has 1 N–H and O–H groups in total. The highest BCUT2D eigenvalue weighted by molar-refractivity contribution is 7.99. The number of fused-ring (bicyclic) bond motifs is 1. The molecule has 1 unspecified atom stereocenters. The largest absolute Gasteiger partial charge is 0.360 e. The molecule has 1 spiro atoms. The van der Waals surface area contributed by atoms with Gasteiger partial charge in [0.25, 0.3) is 5.91 Å². The summed E-state index contributed by atoms with van der Waals surface area (Å²) < 4.78 is 36.7. The monoisotopic (exact) mass is 671 g/mol. The molecule has 4 heterocycles. The van der Waals surface area contributed by atoms with Crippen molar-refractivity contribution in [3.05, 3.63) is 63.4 Å². The number of anilines is 1. The van der Waals surface area contributed by atoms with Gasteiger partial charge >= 0.3 is 0 Å². The van der Waals surface area contributed by atoms with Crippen molar-refractivity contribution < 1.29 is 17.9 Å². The maximum atomic E-state index is 15.1. The minimum atomic E-state index is -2.73. The molecule has 13 heteroatoms. The summed E-state index contributed by atoms with van der Waals surface area (Å²) in [6, 6.07) is 2.79. The summed E-state index contributed by atoms with van der Waals surface area (Å²) in [7, 11) is -2.73.